The minimum absolute atomic E-state index is 0.322. The van der Waals surface area contributed by atoms with E-state index in [1.807, 2.05) is 17.9 Å². The molecule has 0 bridgehead atoms. The van der Waals surface area contributed by atoms with Crippen LogP contribution in [0.4, 0.5) is 14.6 Å². The number of rotatable bonds is 4. The zero-order valence-corrected chi connectivity index (χ0v) is 19.2. The second-order valence-electron chi connectivity index (χ2n) is 8.91. The highest BCUT2D eigenvalue weighted by atomic mass is 32.1. The zero-order chi connectivity index (χ0) is 23.4. The van der Waals surface area contributed by atoms with Gasteiger partial charge in [-0.05, 0) is 57.9 Å². The molecule has 5 rings (SSSR count). The Morgan fingerprint density at radius 2 is 2.03 bits per heavy atom. The first-order chi connectivity index (χ1) is 15.7. The summed E-state index contributed by atoms with van der Waals surface area (Å²) in [6, 6.07) is 7.65. The van der Waals surface area contributed by atoms with Crippen molar-refractivity contribution in [2.75, 3.05) is 11.4 Å². The van der Waals surface area contributed by atoms with Crippen molar-refractivity contribution in [2.24, 2.45) is 0 Å². The number of hydrogen-bond acceptors (Lipinski definition) is 7. The van der Waals surface area contributed by atoms with Crippen molar-refractivity contribution in [1.29, 1.82) is 5.26 Å². The SMILES string of the molecule is CC(C)(C#N)c1nnc(-c2cnn3ccc(N4CCC[C@]4(C)c4cc(F)ccc4F)nc23)s1. The summed E-state index contributed by atoms with van der Waals surface area (Å²) in [5.41, 5.74) is 0.128. The van der Waals surface area contributed by atoms with Crippen LogP contribution in [-0.2, 0) is 11.0 Å². The number of nitriles is 1. The molecule has 1 aromatic carbocycles. The lowest BCUT2D eigenvalue weighted by atomic mass is 9.88. The first-order valence-corrected chi connectivity index (χ1v) is 11.4. The van der Waals surface area contributed by atoms with Crippen molar-refractivity contribution in [1.82, 2.24) is 24.8 Å². The van der Waals surface area contributed by atoms with Crippen molar-refractivity contribution in [2.45, 2.75) is 44.6 Å². The molecule has 4 aromatic rings. The van der Waals surface area contributed by atoms with Crippen LogP contribution >= 0.6 is 11.3 Å². The normalized spacial score (nSPS) is 18.7. The van der Waals surface area contributed by atoms with Gasteiger partial charge in [0.2, 0.25) is 0 Å². The first kappa shape index (κ1) is 21.4. The number of hydrogen-bond donors (Lipinski definition) is 0. The third kappa shape index (κ3) is 3.43. The summed E-state index contributed by atoms with van der Waals surface area (Å²) >= 11 is 1.33. The molecule has 1 atom stereocenters. The number of benzene rings is 1. The van der Waals surface area contributed by atoms with E-state index < -0.39 is 22.6 Å². The average Bonchev–Trinajstić information content (AvgIpc) is 3.53. The molecule has 0 aliphatic carbocycles. The Labute approximate surface area is 193 Å². The van der Waals surface area contributed by atoms with Crippen LogP contribution in [0.15, 0.2) is 36.7 Å². The molecule has 0 N–H and O–H groups in total. The van der Waals surface area contributed by atoms with Gasteiger partial charge in [0, 0.05) is 18.3 Å². The summed E-state index contributed by atoms with van der Waals surface area (Å²) in [5.74, 6) is -0.248. The van der Waals surface area contributed by atoms with E-state index in [4.69, 9.17) is 4.98 Å². The van der Waals surface area contributed by atoms with E-state index >= 15 is 0 Å². The number of fused-ring (bicyclic) bond motifs is 1. The minimum atomic E-state index is -0.746. The van der Waals surface area contributed by atoms with Crippen LogP contribution < -0.4 is 4.90 Å². The maximum atomic E-state index is 14.7. The smallest absolute Gasteiger partial charge is 0.167 e. The highest BCUT2D eigenvalue weighted by Gasteiger charge is 2.41. The third-order valence-corrected chi connectivity index (χ3v) is 7.53. The largest absolute Gasteiger partial charge is 0.347 e. The Morgan fingerprint density at radius 3 is 2.82 bits per heavy atom. The second kappa shape index (κ2) is 7.56. The second-order valence-corrected chi connectivity index (χ2v) is 9.89. The lowest BCUT2D eigenvalue weighted by molar-refractivity contribution is 0.451. The van der Waals surface area contributed by atoms with Gasteiger partial charge in [-0.2, -0.15) is 10.4 Å². The summed E-state index contributed by atoms with van der Waals surface area (Å²) < 4.78 is 30.3. The van der Waals surface area contributed by atoms with Gasteiger partial charge >= 0.3 is 0 Å². The fourth-order valence-corrected chi connectivity index (χ4v) is 5.21. The molecule has 1 aliphatic heterocycles. The Morgan fingerprint density at radius 1 is 1.21 bits per heavy atom. The molecular weight excluding hydrogens is 444 g/mol. The Balaban J connectivity index is 1.58. The topological polar surface area (TPSA) is 83.0 Å². The van der Waals surface area contributed by atoms with Gasteiger partial charge in [0.1, 0.15) is 27.9 Å². The van der Waals surface area contributed by atoms with Gasteiger partial charge in [0.05, 0.1) is 23.4 Å². The van der Waals surface area contributed by atoms with Gasteiger partial charge in [-0.25, -0.2) is 18.3 Å². The third-order valence-electron chi connectivity index (χ3n) is 6.25. The summed E-state index contributed by atoms with van der Waals surface area (Å²) in [6.45, 7) is 6.17. The predicted octanol–water partition coefficient (Wildman–Crippen LogP) is 4.84. The summed E-state index contributed by atoms with van der Waals surface area (Å²) in [4.78, 5) is 6.86. The standard InChI is InChI=1S/C23H21F2N7S/c1-22(2,13-26)21-30-29-20(33-21)15-12-27-32-10-7-18(28-19(15)32)31-9-4-8-23(31,3)16-11-14(24)5-6-17(16)25/h5-7,10-12H,4,8-9H2,1-3H3/t23-/m1/s1. The van der Waals surface area contributed by atoms with Crippen LogP contribution in [0.25, 0.3) is 16.2 Å². The zero-order valence-electron chi connectivity index (χ0n) is 18.4. The number of aromatic nitrogens is 5. The maximum absolute atomic E-state index is 14.7. The molecular formula is C23H21F2N7S. The summed E-state index contributed by atoms with van der Waals surface area (Å²) in [6.07, 6.45) is 4.97. The molecule has 0 unspecified atom stereocenters. The molecule has 0 saturated carbocycles. The van der Waals surface area contributed by atoms with Crippen molar-refractivity contribution in [3.63, 3.8) is 0 Å². The molecule has 0 radical (unpaired) electrons. The van der Waals surface area contributed by atoms with Crippen molar-refractivity contribution in [3.05, 3.63) is 58.9 Å². The highest BCUT2D eigenvalue weighted by molar-refractivity contribution is 7.14. The molecule has 1 saturated heterocycles. The monoisotopic (exact) mass is 465 g/mol. The Bertz CT molecular complexity index is 1400. The lowest BCUT2D eigenvalue weighted by Crippen LogP contribution is -2.40. The lowest BCUT2D eigenvalue weighted by Gasteiger charge is -2.37. The van der Waals surface area contributed by atoms with E-state index in [0.717, 1.165) is 12.5 Å². The molecule has 7 nitrogen and oxygen atoms in total. The fraction of sp³-hybridized carbons (Fsp3) is 0.348. The predicted molar refractivity (Wildman–Crippen MR) is 121 cm³/mol. The molecule has 4 heterocycles. The molecule has 1 aliphatic rings. The van der Waals surface area contributed by atoms with Gasteiger partial charge in [0.15, 0.2) is 10.7 Å². The highest BCUT2D eigenvalue weighted by Crippen LogP contribution is 2.42. The van der Waals surface area contributed by atoms with Crippen molar-refractivity contribution < 1.29 is 8.78 Å². The minimum Gasteiger partial charge on any atom is -0.347 e. The molecule has 168 valence electrons. The molecule has 0 amide bonds. The van der Waals surface area contributed by atoms with E-state index in [2.05, 4.69) is 21.4 Å². The fourth-order valence-electron chi connectivity index (χ4n) is 4.31. The van der Waals surface area contributed by atoms with E-state index in [-0.39, 0.29) is 0 Å². The van der Waals surface area contributed by atoms with Crippen LogP contribution in [0.3, 0.4) is 0 Å². The summed E-state index contributed by atoms with van der Waals surface area (Å²) in [5, 5.41) is 23.5. The maximum Gasteiger partial charge on any atom is 0.167 e. The van der Waals surface area contributed by atoms with Gasteiger partial charge in [-0.1, -0.05) is 11.3 Å². The number of anilines is 1. The van der Waals surface area contributed by atoms with Gasteiger partial charge in [-0.15, -0.1) is 10.2 Å². The van der Waals surface area contributed by atoms with E-state index in [0.29, 0.717) is 45.6 Å². The van der Waals surface area contributed by atoms with E-state index in [1.165, 1.54) is 23.5 Å². The van der Waals surface area contributed by atoms with Gasteiger partial charge in [-0.3, -0.25) is 0 Å². The van der Waals surface area contributed by atoms with Crippen LogP contribution in [-0.4, -0.2) is 31.3 Å². The van der Waals surface area contributed by atoms with E-state index in [9.17, 15) is 14.0 Å². The molecule has 10 heteroatoms. The Hall–Kier alpha value is -3.45. The number of nitrogens with zero attached hydrogens (tertiary/aromatic N) is 7. The van der Waals surface area contributed by atoms with Gasteiger partial charge < -0.3 is 4.90 Å². The first-order valence-electron chi connectivity index (χ1n) is 10.6. The average molecular weight is 466 g/mol. The van der Waals surface area contributed by atoms with Crippen molar-refractivity contribution in [3.8, 4) is 16.6 Å². The summed E-state index contributed by atoms with van der Waals surface area (Å²) in [7, 11) is 0. The van der Waals surface area contributed by atoms with Crippen LogP contribution in [0.2, 0.25) is 0 Å². The van der Waals surface area contributed by atoms with E-state index in [1.54, 1.807) is 30.8 Å². The molecule has 33 heavy (non-hydrogen) atoms. The van der Waals surface area contributed by atoms with Crippen LogP contribution in [0.5, 0.6) is 0 Å². The van der Waals surface area contributed by atoms with Gasteiger partial charge in [0.25, 0.3) is 0 Å². The molecule has 1 fully saturated rings. The van der Waals surface area contributed by atoms with Crippen LogP contribution in [0, 0.1) is 23.0 Å². The quantitative estimate of drug-likeness (QED) is 0.429. The number of halogens is 2. The van der Waals surface area contributed by atoms with Crippen molar-refractivity contribution >= 4 is 22.8 Å². The molecule has 3 aromatic heterocycles. The Kier molecular flexibility index (Phi) is 4.90. The van der Waals surface area contributed by atoms with Crippen LogP contribution in [0.1, 0.15) is 44.2 Å². The molecule has 0 spiro atoms.